The molecule has 0 amide bonds. The molecule has 0 spiro atoms. The Kier molecular flexibility index (Phi) is 4.58. The highest BCUT2D eigenvalue weighted by molar-refractivity contribution is 5.97. The number of carbonyl (C=O) groups excluding carboxylic acids is 1. The van der Waals surface area contributed by atoms with Crippen LogP contribution in [-0.4, -0.2) is 27.3 Å². The number of halogens is 5. The lowest BCUT2D eigenvalue weighted by molar-refractivity contribution is 0.0440. The van der Waals surface area contributed by atoms with Gasteiger partial charge in [0.05, 0.1) is 38.0 Å². The number of benzene rings is 2. The molecular weight excluding hydrogens is 379 g/mol. The van der Waals surface area contributed by atoms with Crippen molar-refractivity contribution in [2.45, 2.75) is 6.10 Å². The molecular formula is C17H11F5O5. The van der Waals surface area contributed by atoms with E-state index >= 15 is 0 Å². The SMILES string of the molecule is COc1cc2c(c(OC)c1OC)C(c1c(F)c(F)c(F)c(F)c1F)OC2=O. The van der Waals surface area contributed by atoms with Crippen LogP contribution in [0.4, 0.5) is 22.0 Å². The van der Waals surface area contributed by atoms with Crippen LogP contribution in [0.1, 0.15) is 27.6 Å². The van der Waals surface area contributed by atoms with Crippen molar-refractivity contribution in [3.63, 3.8) is 0 Å². The van der Waals surface area contributed by atoms with Crippen molar-refractivity contribution in [3.05, 3.63) is 51.8 Å². The zero-order valence-corrected chi connectivity index (χ0v) is 14.1. The Morgan fingerprint density at radius 1 is 0.778 bits per heavy atom. The first-order chi connectivity index (χ1) is 12.8. The number of cyclic esters (lactones) is 1. The van der Waals surface area contributed by atoms with Crippen LogP contribution >= 0.6 is 0 Å². The molecule has 27 heavy (non-hydrogen) atoms. The van der Waals surface area contributed by atoms with E-state index in [0.29, 0.717) is 0 Å². The third kappa shape index (κ3) is 2.54. The molecule has 10 heteroatoms. The lowest BCUT2D eigenvalue weighted by atomic mass is 9.96. The van der Waals surface area contributed by atoms with Crippen molar-refractivity contribution in [2.75, 3.05) is 21.3 Å². The van der Waals surface area contributed by atoms with Gasteiger partial charge >= 0.3 is 5.97 Å². The van der Waals surface area contributed by atoms with Crippen LogP contribution in [0.3, 0.4) is 0 Å². The van der Waals surface area contributed by atoms with Gasteiger partial charge in [-0.2, -0.15) is 0 Å². The van der Waals surface area contributed by atoms with Gasteiger partial charge in [0.15, 0.2) is 40.9 Å². The average Bonchev–Trinajstić information content (AvgIpc) is 2.99. The predicted molar refractivity (Wildman–Crippen MR) is 79.6 cm³/mol. The fourth-order valence-electron chi connectivity index (χ4n) is 2.89. The quantitative estimate of drug-likeness (QED) is 0.345. The van der Waals surface area contributed by atoms with E-state index in [1.807, 2.05) is 0 Å². The molecule has 0 saturated carbocycles. The number of hydrogen-bond acceptors (Lipinski definition) is 5. The second-order valence-electron chi connectivity index (χ2n) is 5.38. The standard InChI is InChI=1S/C17H11F5O5/c1-24-6-4-5-7(16(26-3)14(6)25-2)15(27-17(5)23)8-9(18)11(20)13(22)12(21)10(8)19/h4,15H,1-3H3. The van der Waals surface area contributed by atoms with Gasteiger partial charge in [-0.3, -0.25) is 0 Å². The molecule has 0 aromatic heterocycles. The summed E-state index contributed by atoms with van der Waals surface area (Å²) in [6.07, 6.45) is -1.94. The third-order valence-electron chi connectivity index (χ3n) is 4.08. The first kappa shape index (κ1) is 18.7. The molecule has 144 valence electrons. The minimum absolute atomic E-state index is 0.0445. The van der Waals surface area contributed by atoms with Gasteiger partial charge in [-0.15, -0.1) is 0 Å². The Labute approximate surface area is 149 Å². The number of fused-ring (bicyclic) bond motifs is 1. The lowest BCUT2D eigenvalue weighted by Crippen LogP contribution is -2.13. The normalized spacial score (nSPS) is 15.4. The molecule has 3 rings (SSSR count). The van der Waals surface area contributed by atoms with Gasteiger partial charge in [-0.1, -0.05) is 0 Å². The summed E-state index contributed by atoms with van der Waals surface area (Å²) in [5.41, 5.74) is -1.79. The number of ether oxygens (including phenoxy) is 4. The first-order valence-corrected chi connectivity index (χ1v) is 7.33. The lowest BCUT2D eigenvalue weighted by Gasteiger charge is -2.19. The highest BCUT2D eigenvalue weighted by atomic mass is 19.2. The maximum Gasteiger partial charge on any atom is 0.339 e. The van der Waals surface area contributed by atoms with Crippen LogP contribution in [-0.2, 0) is 4.74 Å². The van der Waals surface area contributed by atoms with Crippen LogP contribution in [0.15, 0.2) is 6.07 Å². The van der Waals surface area contributed by atoms with Crippen LogP contribution in [0, 0.1) is 29.1 Å². The molecule has 0 aliphatic carbocycles. The number of carbonyl (C=O) groups is 1. The van der Waals surface area contributed by atoms with Gasteiger partial charge in [0.2, 0.25) is 11.6 Å². The molecule has 2 aromatic rings. The fourth-order valence-corrected chi connectivity index (χ4v) is 2.89. The Morgan fingerprint density at radius 2 is 1.30 bits per heavy atom. The van der Waals surface area contributed by atoms with Gasteiger partial charge in [0.25, 0.3) is 0 Å². The van der Waals surface area contributed by atoms with Crippen LogP contribution in [0.2, 0.25) is 0 Å². The van der Waals surface area contributed by atoms with Crippen molar-refractivity contribution in [1.82, 2.24) is 0 Å². The third-order valence-corrected chi connectivity index (χ3v) is 4.08. The summed E-state index contributed by atoms with van der Waals surface area (Å²) in [4.78, 5) is 12.2. The minimum atomic E-state index is -2.32. The molecule has 5 nitrogen and oxygen atoms in total. The first-order valence-electron chi connectivity index (χ1n) is 7.33. The fraction of sp³-hybridized carbons (Fsp3) is 0.235. The maximum absolute atomic E-state index is 14.2. The van der Waals surface area contributed by atoms with Crippen LogP contribution in [0.5, 0.6) is 17.2 Å². The number of esters is 1. The minimum Gasteiger partial charge on any atom is -0.493 e. The van der Waals surface area contributed by atoms with E-state index in [2.05, 4.69) is 0 Å². The topological polar surface area (TPSA) is 54.0 Å². The average molecular weight is 390 g/mol. The van der Waals surface area contributed by atoms with E-state index < -0.39 is 46.7 Å². The van der Waals surface area contributed by atoms with Crippen LogP contribution in [0.25, 0.3) is 0 Å². The Bertz CT molecular complexity index is 931. The summed E-state index contributed by atoms with van der Waals surface area (Å²) < 4.78 is 89.2. The van der Waals surface area contributed by atoms with Gasteiger partial charge in [-0.25, -0.2) is 26.7 Å². The van der Waals surface area contributed by atoms with E-state index in [4.69, 9.17) is 18.9 Å². The summed E-state index contributed by atoms with van der Waals surface area (Å²) in [5, 5.41) is 0. The summed E-state index contributed by atoms with van der Waals surface area (Å²) in [5.74, 6) is -12.1. The van der Waals surface area contributed by atoms with Gasteiger partial charge < -0.3 is 18.9 Å². The van der Waals surface area contributed by atoms with E-state index in [1.165, 1.54) is 14.2 Å². The Balaban J connectivity index is 2.36. The van der Waals surface area contributed by atoms with Gasteiger partial charge in [0, 0.05) is 0 Å². The zero-order chi connectivity index (χ0) is 20.0. The van der Waals surface area contributed by atoms with E-state index in [0.717, 1.165) is 13.2 Å². The zero-order valence-electron chi connectivity index (χ0n) is 14.1. The van der Waals surface area contributed by atoms with Gasteiger partial charge in [0.1, 0.15) is 0 Å². The number of methoxy groups -OCH3 is 3. The molecule has 0 bridgehead atoms. The number of hydrogen-bond donors (Lipinski definition) is 0. The maximum atomic E-state index is 14.2. The second kappa shape index (κ2) is 6.60. The molecule has 2 aromatic carbocycles. The molecule has 1 unspecified atom stereocenters. The van der Waals surface area contributed by atoms with E-state index in [-0.39, 0.29) is 28.4 Å². The molecule has 1 heterocycles. The molecule has 0 fully saturated rings. The van der Waals surface area contributed by atoms with Crippen molar-refractivity contribution < 1.29 is 45.7 Å². The highest BCUT2D eigenvalue weighted by Crippen LogP contribution is 2.51. The summed E-state index contributed by atoms with van der Waals surface area (Å²) in [6, 6.07) is 1.16. The van der Waals surface area contributed by atoms with Crippen molar-refractivity contribution >= 4 is 5.97 Å². The molecule has 0 saturated heterocycles. The molecule has 1 aliphatic rings. The van der Waals surface area contributed by atoms with Crippen molar-refractivity contribution in [2.24, 2.45) is 0 Å². The number of rotatable bonds is 4. The molecule has 0 radical (unpaired) electrons. The summed E-state index contributed by atoms with van der Waals surface area (Å²) in [7, 11) is 3.67. The molecule has 1 atom stereocenters. The summed E-state index contributed by atoms with van der Waals surface area (Å²) >= 11 is 0. The highest BCUT2D eigenvalue weighted by Gasteiger charge is 2.43. The molecule has 1 aliphatic heterocycles. The van der Waals surface area contributed by atoms with E-state index in [1.54, 1.807) is 0 Å². The smallest absolute Gasteiger partial charge is 0.339 e. The van der Waals surface area contributed by atoms with E-state index in [9.17, 15) is 26.7 Å². The Hall–Kier alpha value is -3.04. The van der Waals surface area contributed by atoms with Crippen molar-refractivity contribution in [3.8, 4) is 17.2 Å². The largest absolute Gasteiger partial charge is 0.493 e. The van der Waals surface area contributed by atoms with Gasteiger partial charge in [-0.05, 0) is 6.07 Å². The van der Waals surface area contributed by atoms with Crippen molar-refractivity contribution in [1.29, 1.82) is 0 Å². The second-order valence-corrected chi connectivity index (χ2v) is 5.38. The monoisotopic (exact) mass is 390 g/mol. The Morgan fingerprint density at radius 3 is 1.78 bits per heavy atom. The van der Waals surface area contributed by atoms with Crippen LogP contribution < -0.4 is 14.2 Å². The predicted octanol–water partition coefficient (Wildman–Crippen LogP) is 3.67. The summed E-state index contributed by atoms with van der Waals surface area (Å²) in [6.45, 7) is 0. The molecule has 0 N–H and O–H groups in total.